The number of carbonyl (C=O) groups excluding carboxylic acids is 3. The van der Waals surface area contributed by atoms with E-state index in [0.29, 0.717) is 6.42 Å². The lowest BCUT2D eigenvalue weighted by atomic mass is 10.2. The Labute approximate surface area is 115 Å². The van der Waals surface area contributed by atoms with E-state index in [9.17, 15) is 14.4 Å². The fourth-order valence-electron chi connectivity index (χ4n) is 1.89. The first-order valence-corrected chi connectivity index (χ1v) is 6.39. The van der Waals surface area contributed by atoms with Crippen molar-refractivity contribution in [2.45, 2.75) is 25.3 Å². The van der Waals surface area contributed by atoms with Crippen molar-refractivity contribution in [3.05, 3.63) is 36.3 Å². The van der Waals surface area contributed by atoms with Gasteiger partial charge in [-0.3, -0.25) is 4.79 Å². The van der Waals surface area contributed by atoms with Gasteiger partial charge in [-0.25, -0.2) is 9.59 Å². The standard InChI is InChI=1S/C14H15NO5/c16-11(12-6-3-9-19-12)5-1-7-13(17)20-14(18)10-4-2-8-15-10/h1,3,6-7,9-10,15H,2,4-5,8H2/t10-/m0/s1. The largest absolute Gasteiger partial charge is 0.461 e. The summed E-state index contributed by atoms with van der Waals surface area (Å²) in [5.41, 5.74) is 0. The maximum Gasteiger partial charge on any atom is 0.338 e. The molecule has 1 N–H and O–H groups in total. The lowest BCUT2D eigenvalue weighted by molar-refractivity contribution is -0.157. The zero-order valence-corrected chi connectivity index (χ0v) is 10.8. The van der Waals surface area contributed by atoms with E-state index in [1.165, 1.54) is 12.3 Å². The van der Waals surface area contributed by atoms with Crippen LogP contribution in [0.5, 0.6) is 0 Å². The molecule has 0 aliphatic carbocycles. The zero-order valence-electron chi connectivity index (χ0n) is 10.8. The Morgan fingerprint density at radius 3 is 2.95 bits per heavy atom. The predicted molar refractivity (Wildman–Crippen MR) is 68.9 cm³/mol. The Balaban J connectivity index is 1.75. The van der Waals surface area contributed by atoms with Gasteiger partial charge in [0.15, 0.2) is 5.76 Å². The summed E-state index contributed by atoms with van der Waals surface area (Å²) in [4.78, 5) is 34.4. The van der Waals surface area contributed by atoms with Crippen LogP contribution < -0.4 is 5.32 Å². The fourth-order valence-corrected chi connectivity index (χ4v) is 1.89. The lowest BCUT2D eigenvalue weighted by Crippen LogP contribution is -2.33. The molecule has 20 heavy (non-hydrogen) atoms. The topological polar surface area (TPSA) is 85.6 Å². The van der Waals surface area contributed by atoms with Gasteiger partial charge in [0.25, 0.3) is 0 Å². The highest BCUT2D eigenvalue weighted by Crippen LogP contribution is 2.07. The normalized spacial score (nSPS) is 18.3. The van der Waals surface area contributed by atoms with Crippen LogP contribution in [0.15, 0.2) is 35.0 Å². The van der Waals surface area contributed by atoms with E-state index in [4.69, 9.17) is 4.42 Å². The Hall–Kier alpha value is -2.21. The number of hydrogen-bond acceptors (Lipinski definition) is 6. The van der Waals surface area contributed by atoms with Gasteiger partial charge in [-0.15, -0.1) is 0 Å². The summed E-state index contributed by atoms with van der Waals surface area (Å²) in [6.45, 7) is 0.751. The second kappa shape index (κ2) is 6.81. The van der Waals surface area contributed by atoms with E-state index >= 15 is 0 Å². The van der Waals surface area contributed by atoms with Gasteiger partial charge in [-0.2, -0.15) is 0 Å². The smallest absolute Gasteiger partial charge is 0.338 e. The highest BCUT2D eigenvalue weighted by Gasteiger charge is 2.24. The summed E-state index contributed by atoms with van der Waals surface area (Å²) in [6, 6.07) is 2.75. The van der Waals surface area contributed by atoms with Crippen molar-refractivity contribution < 1.29 is 23.5 Å². The van der Waals surface area contributed by atoms with Crippen LogP contribution in [0, 0.1) is 0 Å². The van der Waals surface area contributed by atoms with Gasteiger partial charge in [0, 0.05) is 12.5 Å². The Bertz CT molecular complexity index is 512. The summed E-state index contributed by atoms with van der Waals surface area (Å²) in [5.74, 6) is -1.36. The fraction of sp³-hybridized carbons (Fsp3) is 0.357. The molecule has 2 heterocycles. The van der Waals surface area contributed by atoms with Crippen LogP contribution in [0.4, 0.5) is 0 Å². The average molecular weight is 277 g/mol. The molecular formula is C14H15NO5. The quantitative estimate of drug-likeness (QED) is 0.377. The van der Waals surface area contributed by atoms with E-state index in [1.54, 1.807) is 12.1 Å². The van der Waals surface area contributed by atoms with Crippen molar-refractivity contribution in [2.75, 3.05) is 6.54 Å². The van der Waals surface area contributed by atoms with Crippen molar-refractivity contribution in [3.8, 4) is 0 Å². The molecule has 1 aliphatic rings. The van der Waals surface area contributed by atoms with Crippen LogP contribution in [0.3, 0.4) is 0 Å². The van der Waals surface area contributed by atoms with E-state index in [1.807, 2.05) is 0 Å². The maximum atomic E-state index is 11.5. The third kappa shape index (κ3) is 3.89. The summed E-state index contributed by atoms with van der Waals surface area (Å²) in [6.07, 6.45) is 5.40. The number of rotatable bonds is 5. The first kappa shape index (κ1) is 14.2. The van der Waals surface area contributed by atoms with Crippen LogP contribution in [0.2, 0.25) is 0 Å². The predicted octanol–water partition coefficient (Wildman–Crippen LogP) is 1.23. The molecule has 1 aliphatic heterocycles. The Morgan fingerprint density at radius 2 is 2.30 bits per heavy atom. The molecule has 0 amide bonds. The van der Waals surface area contributed by atoms with Gasteiger partial charge in [0.1, 0.15) is 6.04 Å². The summed E-state index contributed by atoms with van der Waals surface area (Å²) in [5, 5.41) is 2.94. The van der Waals surface area contributed by atoms with E-state index in [-0.39, 0.29) is 18.0 Å². The molecule has 0 aromatic carbocycles. The molecule has 0 unspecified atom stereocenters. The third-order valence-electron chi connectivity index (χ3n) is 2.90. The van der Waals surface area contributed by atoms with Crippen LogP contribution in [0.1, 0.15) is 29.8 Å². The first-order valence-electron chi connectivity index (χ1n) is 6.39. The number of allylic oxidation sites excluding steroid dienone is 1. The molecule has 6 heteroatoms. The number of ether oxygens (including phenoxy) is 1. The first-order chi connectivity index (χ1) is 9.66. The van der Waals surface area contributed by atoms with E-state index < -0.39 is 18.0 Å². The molecule has 0 radical (unpaired) electrons. The lowest BCUT2D eigenvalue weighted by Gasteiger charge is -2.06. The summed E-state index contributed by atoms with van der Waals surface area (Å²) >= 11 is 0. The van der Waals surface area contributed by atoms with Gasteiger partial charge < -0.3 is 14.5 Å². The maximum absolute atomic E-state index is 11.5. The SMILES string of the molecule is O=C(C=CCC(=O)c1ccco1)OC(=O)[C@@H]1CCCN1. The van der Waals surface area contributed by atoms with Crippen LogP contribution >= 0.6 is 0 Å². The van der Waals surface area contributed by atoms with Gasteiger partial charge in [-0.1, -0.05) is 6.08 Å². The van der Waals surface area contributed by atoms with Gasteiger partial charge >= 0.3 is 11.9 Å². The van der Waals surface area contributed by atoms with Crippen LogP contribution in [0.25, 0.3) is 0 Å². The second-order valence-corrected chi connectivity index (χ2v) is 4.40. The molecule has 0 saturated carbocycles. The van der Waals surface area contributed by atoms with Gasteiger partial charge in [0.2, 0.25) is 5.78 Å². The van der Waals surface area contributed by atoms with Gasteiger partial charge in [0.05, 0.1) is 6.26 Å². The molecule has 106 valence electrons. The second-order valence-electron chi connectivity index (χ2n) is 4.40. The minimum absolute atomic E-state index is 0.0124. The highest BCUT2D eigenvalue weighted by molar-refractivity contribution is 5.96. The third-order valence-corrected chi connectivity index (χ3v) is 2.90. The molecule has 1 fully saturated rings. The van der Waals surface area contributed by atoms with Crippen molar-refractivity contribution in [1.29, 1.82) is 0 Å². The Kier molecular flexibility index (Phi) is 4.84. The zero-order chi connectivity index (χ0) is 14.4. The summed E-state index contributed by atoms with van der Waals surface area (Å²) in [7, 11) is 0. The molecule has 1 atom stereocenters. The monoisotopic (exact) mass is 277 g/mol. The number of hydrogen-bond donors (Lipinski definition) is 1. The number of carbonyl (C=O) groups is 3. The summed E-state index contributed by atoms with van der Waals surface area (Å²) < 4.78 is 9.57. The number of Topliss-reactive ketones (excluding diaryl/α,β-unsaturated/α-hetero) is 1. The van der Waals surface area contributed by atoms with Crippen LogP contribution in [-0.2, 0) is 14.3 Å². The van der Waals surface area contributed by atoms with Crippen molar-refractivity contribution in [3.63, 3.8) is 0 Å². The van der Waals surface area contributed by atoms with Crippen molar-refractivity contribution >= 4 is 17.7 Å². The molecule has 1 aromatic heterocycles. The van der Waals surface area contributed by atoms with Crippen LogP contribution in [-0.4, -0.2) is 30.3 Å². The number of nitrogens with one attached hydrogen (secondary N) is 1. The molecule has 1 aromatic rings. The molecule has 1 saturated heterocycles. The number of furan rings is 1. The van der Waals surface area contributed by atoms with Crippen molar-refractivity contribution in [1.82, 2.24) is 5.32 Å². The molecule has 2 rings (SSSR count). The van der Waals surface area contributed by atoms with E-state index in [2.05, 4.69) is 10.1 Å². The minimum atomic E-state index is -0.768. The molecular weight excluding hydrogens is 262 g/mol. The molecule has 0 bridgehead atoms. The number of ketones is 1. The molecule has 0 spiro atoms. The van der Waals surface area contributed by atoms with E-state index in [0.717, 1.165) is 19.0 Å². The Morgan fingerprint density at radius 1 is 1.45 bits per heavy atom. The minimum Gasteiger partial charge on any atom is -0.461 e. The molecule has 6 nitrogen and oxygen atoms in total. The highest BCUT2D eigenvalue weighted by atomic mass is 16.6. The number of esters is 2. The average Bonchev–Trinajstić information content (AvgIpc) is 3.12. The van der Waals surface area contributed by atoms with Crippen molar-refractivity contribution in [2.24, 2.45) is 0 Å². The van der Waals surface area contributed by atoms with Gasteiger partial charge in [-0.05, 0) is 31.5 Å².